The number of rotatable bonds is 16. The summed E-state index contributed by atoms with van der Waals surface area (Å²) in [7, 11) is -2.30. The smallest absolute Gasteiger partial charge is 0.407 e. The molecule has 2 heterocycles. The number of hydrogen-bond donors (Lipinski definition) is 3. The van der Waals surface area contributed by atoms with Crippen molar-refractivity contribution in [1.29, 1.82) is 0 Å². The van der Waals surface area contributed by atoms with Crippen LogP contribution in [-0.4, -0.2) is 127 Å². The highest BCUT2D eigenvalue weighted by atomic mass is 35.5. The first kappa shape index (κ1) is 58.6. The van der Waals surface area contributed by atoms with Crippen LogP contribution < -0.4 is 10.6 Å². The number of hydrogen-bond acceptors (Lipinski definition) is 12. The van der Waals surface area contributed by atoms with Crippen LogP contribution in [-0.2, 0) is 42.6 Å². The lowest BCUT2D eigenvalue weighted by molar-refractivity contribution is 0.0522. The second-order valence-electron chi connectivity index (χ2n) is 17.7. The van der Waals surface area contributed by atoms with Crippen LogP contribution in [0.1, 0.15) is 80.8 Å². The fourth-order valence-corrected chi connectivity index (χ4v) is 9.09. The topological polar surface area (TPSA) is 241 Å². The van der Waals surface area contributed by atoms with Crippen LogP contribution in [0.3, 0.4) is 0 Å². The second-order valence-corrected chi connectivity index (χ2v) is 22.8. The third kappa shape index (κ3) is 15.6. The van der Waals surface area contributed by atoms with Gasteiger partial charge in [0.1, 0.15) is 38.3 Å². The third-order valence-corrected chi connectivity index (χ3v) is 13.9. The Labute approximate surface area is 416 Å². The molecule has 70 heavy (non-hydrogen) atoms. The highest BCUT2D eigenvalue weighted by Gasteiger charge is 2.28. The van der Waals surface area contributed by atoms with Crippen molar-refractivity contribution in [2.75, 3.05) is 41.3 Å². The van der Waals surface area contributed by atoms with Crippen LogP contribution in [0.25, 0.3) is 22.3 Å². The average Bonchev–Trinajstić information content (AvgIpc) is 3.71. The Hall–Kier alpha value is -5.72. The molecule has 0 atom stereocenters. The lowest BCUT2D eigenvalue weighted by atomic mass is 10.0. The molecule has 0 aliphatic carbocycles. The number of carboxylic acids is 1. The predicted octanol–water partition coefficient (Wildman–Crippen LogP) is 8.18. The van der Waals surface area contributed by atoms with Gasteiger partial charge in [-0.25, -0.2) is 48.6 Å². The summed E-state index contributed by atoms with van der Waals surface area (Å²) in [5.41, 5.74) is 0.198. The Balaban J connectivity index is 0.000000370. The van der Waals surface area contributed by atoms with Gasteiger partial charge >= 0.3 is 18.2 Å². The van der Waals surface area contributed by atoms with E-state index >= 15 is 0 Å². The SMILES string of the molecule is CC(=O)c1c(-c2ccc(Cl)c(S(=O)(=O)N(C)C)c2)c(C)nn1C/C(F)=C/CNC(=O)OC(C)(C)C.Cc1nn(C/C(F)=C/CNC(=O)OC(C)(C)C)c(C(=O)O)c1-c1ccc(Cl)c(S(=O)(=O)N(C)C)c1. The maximum absolute atomic E-state index is 14.6. The van der Waals surface area contributed by atoms with Crippen LogP contribution in [0.5, 0.6) is 0 Å². The molecule has 0 aliphatic heterocycles. The van der Waals surface area contributed by atoms with Gasteiger partial charge in [0, 0.05) is 59.3 Å². The number of amides is 2. The van der Waals surface area contributed by atoms with Crippen LogP contribution in [0, 0.1) is 13.8 Å². The molecule has 0 spiro atoms. The zero-order chi connectivity index (χ0) is 53.4. The number of ether oxygens (including phenoxy) is 2. The number of sulfonamides is 2. The summed E-state index contributed by atoms with van der Waals surface area (Å²) < 4.78 is 94.1. The minimum atomic E-state index is -3.91. The van der Waals surface area contributed by atoms with Crippen molar-refractivity contribution in [3.8, 4) is 22.3 Å². The molecule has 0 radical (unpaired) electrons. The number of halogens is 4. The quantitative estimate of drug-likeness (QED) is 0.0898. The Morgan fingerprint density at radius 1 is 0.686 bits per heavy atom. The highest BCUT2D eigenvalue weighted by molar-refractivity contribution is 7.89. The molecule has 0 saturated carbocycles. The van der Waals surface area contributed by atoms with E-state index < -0.39 is 67.6 Å². The summed E-state index contributed by atoms with van der Waals surface area (Å²) in [6.07, 6.45) is 0.802. The first-order valence-electron chi connectivity index (χ1n) is 21.1. The summed E-state index contributed by atoms with van der Waals surface area (Å²) in [4.78, 5) is 47.7. The molecule has 4 rings (SSSR count). The standard InChI is InChI=1S/C23H30ClFN4O5S.C22H28ClFN4O6S/c1-14-20(16-8-9-18(24)19(12-16)35(32,33)28(6)7)21(15(2)30)29(27-14)13-17(25)10-11-26-22(31)34-23(3,4)5;1-13-18(14-7-8-16(23)17(11-14)35(32,33)27(5)6)19(20(29)30)28(26-13)12-15(24)9-10-25-21(31)34-22(2,3)4/h8-10,12H,11,13H2,1-7H3,(H,26,31);7-9,11H,10,12H2,1-6H3,(H,25,31)(H,29,30)/b17-10-;15-9-. The number of aryl methyl sites for hydroxylation is 2. The van der Waals surface area contributed by atoms with E-state index in [4.69, 9.17) is 32.7 Å². The molecular formula is C45H58Cl2F2N8O11S2. The minimum absolute atomic E-state index is 0.0309. The van der Waals surface area contributed by atoms with Gasteiger partial charge in [0.05, 0.1) is 34.5 Å². The van der Waals surface area contributed by atoms with Gasteiger partial charge in [-0.15, -0.1) is 0 Å². The zero-order valence-electron chi connectivity index (χ0n) is 41.0. The van der Waals surface area contributed by atoms with Gasteiger partial charge in [0.25, 0.3) is 0 Å². The summed E-state index contributed by atoms with van der Waals surface area (Å²) in [6, 6.07) is 8.45. The van der Waals surface area contributed by atoms with Crippen molar-refractivity contribution in [2.24, 2.45) is 0 Å². The molecule has 25 heteroatoms. The number of carbonyl (C=O) groups excluding carboxylic acids is 3. The first-order valence-corrected chi connectivity index (χ1v) is 24.7. The third-order valence-electron chi connectivity index (χ3n) is 9.29. The summed E-state index contributed by atoms with van der Waals surface area (Å²) in [5, 5.41) is 23.1. The van der Waals surface area contributed by atoms with Crippen molar-refractivity contribution in [3.63, 3.8) is 0 Å². The molecule has 19 nitrogen and oxygen atoms in total. The van der Waals surface area contributed by atoms with Gasteiger partial charge in [-0.05, 0) is 103 Å². The fraction of sp³-hybridized carbons (Fsp3) is 0.422. The van der Waals surface area contributed by atoms with Crippen LogP contribution in [0.2, 0.25) is 10.0 Å². The van der Waals surface area contributed by atoms with Crippen LogP contribution >= 0.6 is 23.2 Å². The molecule has 0 aliphatic rings. The average molecular weight is 1060 g/mol. The highest BCUT2D eigenvalue weighted by Crippen LogP contribution is 2.35. The van der Waals surface area contributed by atoms with E-state index in [1.807, 2.05) is 0 Å². The number of nitrogens with one attached hydrogen (secondary N) is 2. The van der Waals surface area contributed by atoms with Crippen molar-refractivity contribution >= 4 is 67.2 Å². The Morgan fingerprint density at radius 3 is 1.34 bits per heavy atom. The molecule has 384 valence electrons. The number of Topliss-reactive ketones (excluding diaryl/α,β-unsaturated/α-hetero) is 1. The molecule has 4 aromatic rings. The molecule has 0 saturated heterocycles. The minimum Gasteiger partial charge on any atom is -0.477 e. The molecule has 2 amide bonds. The number of carbonyl (C=O) groups is 4. The van der Waals surface area contributed by atoms with E-state index in [0.717, 1.165) is 25.4 Å². The summed E-state index contributed by atoms with van der Waals surface area (Å²) >= 11 is 12.2. The number of benzene rings is 2. The van der Waals surface area contributed by atoms with Crippen molar-refractivity contribution in [3.05, 3.63) is 93.0 Å². The van der Waals surface area contributed by atoms with Crippen LogP contribution in [0.4, 0.5) is 18.4 Å². The Bertz CT molecular complexity index is 2720. The van der Waals surface area contributed by atoms with Gasteiger partial charge in [0.15, 0.2) is 11.5 Å². The second kappa shape index (κ2) is 23.5. The largest absolute Gasteiger partial charge is 0.477 e. The maximum atomic E-state index is 14.6. The van der Waals surface area contributed by atoms with Gasteiger partial charge in [-0.3, -0.25) is 14.2 Å². The van der Waals surface area contributed by atoms with E-state index in [0.29, 0.717) is 16.8 Å². The summed E-state index contributed by atoms with van der Waals surface area (Å²) in [6.45, 7) is 13.5. The normalized spacial score (nSPS) is 12.7. The molecule has 0 bridgehead atoms. The van der Waals surface area contributed by atoms with E-state index in [-0.39, 0.29) is 73.5 Å². The molecular weight excluding hydrogens is 1000 g/mol. The number of aromatic carboxylic acids is 1. The number of carboxylic acid groups (broad SMARTS) is 1. The molecule has 0 unspecified atom stereocenters. The van der Waals surface area contributed by atoms with E-state index in [1.54, 1.807) is 54.5 Å². The Morgan fingerprint density at radius 2 is 1.03 bits per heavy atom. The van der Waals surface area contributed by atoms with Crippen molar-refractivity contribution < 1.29 is 59.4 Å². The van der Waals surface area contributed by atoms with Crippen molar-refractivity contribution in [2.45, 2.75) is 96.4 Å². The zero-order valence-corrected chi connectivity index (χ0v) is 44.1. The number of nitrogens with zero attached hydrogens (tertiary/aromatic N) is 6. The van der Waals surface area contributed by atoms with Crippen LogP contribution in [0.15, 0.2) is 70.0 Å². The maximum Gasteiger partial charge on any atom is 0.407 e. The molecule has 2 aromatic carbocycles. The van der Waals surface area contributed by atoms with Gasteiger partial charge in [0.2, 0.25) is 20.0 Å². The molecule has 3 N–H and O–H groups in total. The Kier molecular flexibility index (Phi) is 19.6. The first-order chi connectivity index (χ1) is 32.1. The van der Waals surface area contributed by atoms with E-state index in [2.05, 4.69) is 20.8 Å². The lowest BCUT2D eigenvalue weighted by Crippen LogP contribution is -2.32. The molecule has 2 aromatic heterocycles. The van der Waals surface area contributed by atoms with E-state index in [1.165, 1.54) is 77.1 Å². The van der Waals surface area contributed by atoms with Gasteiger partial charge < -0.3 is 25.2 Å². The number of alkyl carbamates (subject to hydrolysis) is 2. The van der Waals surface area contributed by atoms with E-state index in [9.17, 15) is 49.9 Å². The summed E-state index contributed by atoms with van der Waals surface area (Å²) in [5.74, 6) is -3.14. The number of aromatic nitrogens is 4. The number of allylic oxidation sites excluding steroid dienone is 2. The number of ketones is 1. The predicted molar refractivity (Wildman–Crippen MR) is 260 cm³/mol. The monoisotopic (exact) mass is 1060 g/mol. The molecule has 0 fully saturated rings. The fourth-order valence-electron chi connectivity index (χ4n) is 6.30. The van der Waals surface area contributed by atoms with Gasteiger partial charge in [-0.2, -0.15) is 10.2 Å². The van der Waals surface area contributed by atoms with Gasteiger partial charge in [-0.1, -0.05) is 35.3 Å². The lowest BCUT2D eigenvalue weighted by Gasteiger charge is -2.19. The van der Waals surface area contributed by atoms with Crippen molar-refractivity contribution in [1.82, 2.24) is 38.8 Å².